The van der Waals surface area contributed by atoms with Crippen molar-refractivity contribution in [3.05, 3.63) is 40.3 Å². The highest BCUT2D eigenvalue weighted by atomic mass is 35.5. The molecule has 0 aliphatic carbocycles. The fourth-order valence-corrected chi connectivity index (χ4v) is 2.46. The molecule has 1 aliphatic rings. The standard InChI is InChI=1S/C13H11ClO4S/c1-13(2)17-11(15)8(12(16)18-13)7-19-10-6-4-3-5-9(10)14/h3-7H,1-2H3. The molecule has 0 spiro atoms. The van der Waals surface area contributed by atoms with Gasteiger partial charge < -0.3 is 9.47 Å². The van der Waals surface area contributed by atoms with Crippen molar-refractivity contribution < 1.29 is 19.1 Å². The molecule has 1 fully saturated rings. The van der Waals surface area contributed by atoms with Crippen LogP contribution in [0, 0.1) is 0 Å². The lowest BCUT2D eigenvalue weighted by molar-refractivity contribution is -0.222. The van der Waals surface area contributed by atoms with E-state index in [0.717, 1.165) is 4.90 Å². The van der Waals surface area contributed by atoms with Gasteiger partial charge in [-0.2, -0.15) is 0 Å². The number of halogens is 1. The Morgan fingerprint density at radius 1 is 1.16 bits per heavy atom. The van der Waals surface area contributed by atoms with E-state index in [0.29, 0.717) is 5.02 Å². The molecule has 6 heteroatoms. The number of benzene rings is 1. The van der Waals surface area contributed by atoms with E-state index in [1.54, 1.807) is 18.2 Å². The summed E-state index contributed by atoms with van der Waals surface area (Å²) in [7, 11) is 0. The molecule has 4 nitrogen and oxygen atoms in total. The number of cyclic esters (lactones) is 2. The third-order valence-electron chi connectivity index (χ3n) is 2.26. The topological polar surface area (TPSA) is 52.6 Å². The zero-order valence-electron chi connectivity index (χ0n) is 10.3. The van der Waals surface area contributed by atoms with Crippen molar-refractivity contribution in [2.24, 2.45) is 0 Å². The maximum Gasteiger partial charge on any atom is 0.349 e. The first-order valence-electron chi connectivity index (χ1n) is 5.47. The quantitative estimate of drug-likeness (QED) is 0.363. The zero-order valence-corrected chi connectivity index (χ0v) is 11.9. The Hall–Kier alpha value is -1.46. The number of ether oxygens (including phenoxy) is 2. The first kappa shape index (κ1) is 14.0. The van der Waals surface area contributed by atoms with Gasteiger partial charge in [0.15, 0.2) is 5.57 Å². The molecule has 1 aromatic rings. The van der Waals surface area contributed by atoms with Gasteiger partial charge in [0.1, 0.15) is 0 Å². The Balaban J connectivity index is 2.18. The van der Waals surface area contributed by atoms with E-state index >= 15 is 0 Å². The Labute approximate surface area is 119 Å². The van der Waals surface area contributed by atoms with Gasteiger partial charge in [-0.25, -0.2) is 9.59 Å². The average Bonchev–Trinajstić information content (AvgIpc) is 2.28. The largest absolute Gasteiger partial charge is 0.419 e. The highest BCUT2D eigenvalue weighted by Crippen LogP contribution is 2.30. The van der Waals surface area contributed by atoms with Gasteiger partial charge in [-0.1, -0.05) is 35.5 Å². The van der Waals surface area contributed by atoms with E-state index in [1.165, 1.54) is 31.0 Å². The molecule has 1 aliphatic heterocycles. The normalized spacial score (nSPS) is 17.7. The molecule has 2 rings (SSSR count). The summed E-state index contributed by atoms with van der Waals surface area (Å²) in [5.41, 5.74) is -0.135. The van der Waals surface area contributed by atoms with E-state index in [9.17, 15) is 9.59 Å². The maximum absolute atomic E-state index is 11.7. The Kier molecular flexibility index (Phi) is 3.87. The van der Waals surface area contributed by atoms with Gasteiger partial charge in [0.25, 0.3) is 5.79 Å². The van der Waals surface area contributed by atoms with Crippen molar-refractivity contribution in [2.45, 2.75) is 24.5 Å². The van der Waals surface area contributed by atoms with Crippen LogP contribution in [0.25, 0.3) is 0 Å². The minimum Gasteiger partial charge on any atom is -0.419 e. The lowest BCUT2D eigenvalue weighted by Crippen LogP contribution is -2.41. The predicted octanol–water partition coefficient (Wildman–Crippen LogP) is 3.15. The van der Waals surface area contributed by atoms with Crippen molar-refractivity contribution >= 4 is 35.3 Å². The third kappa shape index (κ3) is 3.30. The summed E-state index contributed by atoms with van der Waals surface area (Å²) >= 11 is 7.14. The summed E-state index contributed by atoms with van der Waals surface area (Å²) in [6, 6.07) is 7.12. The van der Waals surface area contributed by atoms with Crippen LogP contribution in [0.5, 0.6) is 0 Å². The molecule has 0 aromatic heterocycles. The van der Waals surface area contributed by atoms with E-state index in [-0.39, 0.29) is 5.57 Å². The highest BCUT2D eigenvalue weighted by Gasteiger charge is 2.38. The lowest BCUT2D eigenvalue weighted by atomic mass is 10.2. The molecular formula is C13H11ClO4S. The van der Waals surface area contributed by atoms with Gasteiger partial charge in [-0.3, -0.25) is 0 Å². The van der Waals surface area contributed by atoms with Crippen molar-refractivity contribution in [2.75, 3.05) is 0 Å². The van der Waals surface area contributed by atoms with Crippen molar-refractivity contribution in [3.63, 3.8) is 0 Å². The average molecular weight is 299 g/mol. The summed E-state index contributed by atoms with van der Waals surface area (Å²) in [4.78, 5) is 24.1. The Bertz CT molecular complexity index is 544. The summed E-state index contributed by atoms with van der Waals surface area (Å²) < 4.78 is 9.96. The molecule has 0 atom stereocenters. The molecule has 0 bridgehead atoms. The van der Waals surface area contributed by atoms with Gasteiger partial charge >= 0.3 is 11.9 Å². The summed E-state index contributed by atoms with van der Waals surface area (Å²) in [5.74, 6) is -2.61. The van der Waals surface area contributed by atoms with Gasteiger partial charge in [0.05, 0.1) is 5.02 Å². The van der Waals surface area contributed by atoms with Gasteiger partial charge in [-0.15, -0.1) is 0 Å². The minimum absolute atomic E-state index is 0.135. The second-order valence-corrected chi connectivity index (χ2v) is 5.58. The van der Waals surface area contributed by atoms with Crippen LogP contribution in [0.3, 0.4) is 0 Å². The Morgan fingerprint density at radius 3 is 2.32 bits per heavy atom. The lowest BCUT2D eigenvalue weighted by Gasteiger charge is -2.29. The molecule has 0 unspecified atom stereocenters. The SMILES string of the molecule is CC1(C)OC(=O)C(=CSc2ccccc2Cl)C(=O)O1. The second-order valence-electron chi connectivity index (χ2n) is 4.26. The number of esters is 2. The van der Waals surface area contributed by atoms with Crippen LogP contribution in [0.4, 0.5) is 0 Å². The van der Waals surface area contributed by atoms with E-state index < -0.39 is 17.7 Å². The second kappa shape index (κ2) is 5.27. The smallest absolute Gasteiger partial charge is 0.349 e. The molecule has 0 saturated carbocycles. The van der Waals surface area contributed by atoms with E-state index in [4.69, 9.17) is 21.1 Å². The molecule has 1 saturated heterocycles. The Morgan fingerprint density at radius 2 is 1.74 bits per heavy atom. The zero-order chi connectivity index (χ0) is 14.0. The molecule has 1 heterocycles. The van der Waals surface area contributed by atoms with Crippen LogP contribution in [0.15, 0.2) is 40.1 Å². The van der Waals surface area contributed by atoms with Gasteiger partial charge in [-0.05, 0) is 17.5 Å². The molecule has 1 aromatic carbocycles. The number of hydrogen-bond donors (Lipinski definition) is 0. The summed E-state index contributed by atoms with van der Waals surface area (Å²) in [5, 5.41) is 1.93. The molecule has 0 N–H and O–H groups in total. The minimum atomic E-state index is -1.22. The van der Waals surface area contributed by atoms with Crippen LogP contribution in [-0.2, 0) is 19.1 Å². The first-order valence-corrected chi connectivity index (χ1v) is 6.73. The van der Waals surface area contributed by atoms with E-state index in [2.05, 4.69) is 0 Å². The number of rotatable bonds is 2. The maximum atomic E-state index is 11.7. The summed E-state index contributed by atoms with van der Waals surface area (Å²) in [6.45, 7) is 3.00. The van der Waals surface area contributed by atoms with Crippen LogP contribution in [0.1, 0.15) is 13.8 Å². The van der Waals surface area contributed by atoms with Gasteiger partial charge in [0, 0.05) is 18.7 Å². The number of thioether (sulfide) groups is 1. The number of carbonyl (C=O) groups excluding carboxylic acids is 2. The summed E-state index contributed by atoms with van der Waals surface area (Å²) in [6.07, 6.45) is 0. The van der Waals surface area contributed by atoms with Crippen LogP contribution < -0.4 is 0 Å². The van der Waals surface area contributed by atoms with Crippen molar-refractivity contribution in [1.29, 1.82) is 0 Å². The van der Waals surface area contributed by atoms with E-state index in [1.807, 2.05) is 6.07 Å². The number of hydrogen-bond acceptors (Lipinski definition) is 5. The molecule has 0 amide bonds. The fraction of sp³-hybridized carbons (Fsp3) is 0.231. The van der Waals surface area contributed by atoms with Crippen molar-refractivity contribution in [3.8, 4) is 0 Å². The predicted molar refractivity (Wildman–Crippen MR) is 71.7 cm³/mol. The van der Waals surface area contributed by atoms with Gasteiger partial charge in [0.2, 0.25) is 0 Å². The third-order valence-corrected chi connectivity index (χ3v) is 3.66. The highest BCUT2D eigenvalue weighted by molar-refractivity contribution is 8.02. The fourth-order valence-electron chi connectivity index (χ4n) is 1.42. The van der Waals surface area contributed by atoms with Crippen LogP contribution >= 0.6 is 23.4 Å². The first-order chi connectivity index (χ1) is 8.89. The molecule has 19 heavy (non-hydrogen) atoms. The number of carbonyl (C=O) groups is 2. The molecule has 0 radical (unpaired) electrons. The van der Waals surface area contributed by atoms with Crippen LogP contribution in [-0.4, -0.2) is 17.7 Å². The van der Waals surface area contributed by atoms with Crippen molar-refractivity contribution in [1.82, 2.24) is 0 Å². The monoisotopic (exact) mass is 298 g/mol. The van der Waals surface area contributed by atoms with Crippen LogP contribution in [0.2, 0.25) is 5.02 Å². The molecule has 100 valence electrons. The molecular weight excluding hydrogens is 288 g/mol.